The van der Waals surface area contributed by atoms with Crippen molar-refractivity contribution in [3.63, 3.8) is 0 Å². The summed E-state index contributed by atoms with van der Waals surface area (Å²) in [6.45, 7) is 2.56. The van der Waals surface area contributed by atoms with Gasteiger partial charge in [0.15, 0.2) is 0 Å². The van der Waals surface area contributed by atoms with E-state index in [-0.39, 0.29) is 12.3 Å². The van der Waals surface area contributed by atoms with Crippen molar-refractivity contribution < 1.29 is 18.8 Å². The predicted octanol–water partition coefficient (Wildman–Crippen LogP) is 3.57. The van der Waals surface area contributed by atoms with E-state index in [1.807, 2.05) is 6.92 Å². The molecule has 0 aliphatic rings. The molecule has 8 heavy (non-hydrogen) atoms. The van der Waals surface area contributed by atoms with Gasteiger partial charge in [-0.3, -0.25) is 0 Å². The number of hydrogen-bond donors (Lipinski definition) is 0. The first kappa shape index (κ1) is 23.2. The summed E-state index contributed by atoms with van der Waals surface area (Å²) < 4.78 is 0. The van der Waals surface area contributed by atoms with E-state index in [0.29, 0.717) is 6.54 Å². The van der Waals surface area contributed by atoms with Crippen molar-refractivity contribution in [2.45, 2.75) is 13.3 Å². The molecule has 0 spiro atoms. The Balaban J connectivity index is -0.0000000183. The summed E-state index contributed by atoms with van der Waals surface area (Å²) in [5, 5.41) is 0. The smallest absolute Gasteiger partial charge is 0.693 e. The summed E-state index contributed by atoms with van der Waals surface area (Å²) in [4.78, 5) is 0. The van der Waals surface area contributed by atoms with E-state index in [1.54, 1.807) is 18.8 Å². The van der Waals surface area contributed by atoms with Gasteiger partial charge >= 0.3 is 28.2 Å². The van der Waals surface area contributed by atoms with Crippen LogP contribution < -0.4 is 0 Å². The van der Waals surface area contributed by atoms with E-state index in [1.165, 1.54) is 0 Å². The van der Waals surface area contributed by atoms with Gasteiger partial charge in [0.1, 0.15) is 0 Å². The molecule has 0 unspecified atom stereocenters. The van der Waals surface area contributed by atoms with Crippen LogP contribution in [0.4, 0.5) is 0 Å². The molecule has 3 nitrogen and oxygen atoms in total. The predicted molar refractivity (Wildman–Crippen MR) is 35.9 cm³/mol. The molecule has 0 saturated carbocycles. The Morgan fingerprint density at radius 1 is 1.38 bits per heavy atom. The number of halogens is 1. The zero-order valence-electron chi connectivity index (χ0n) is 4.76. The van der Waals surface area contributed by atoms with Crippen LogP contribution in [0.3, 0.4) is 0 Å². The average molecular weight is 321 g/mol. The maximum Gasteiger partial charge on any atom is -0.693 e. The summed E-state index contributed by atoms with van der Waals surface area (Å²) in [5.74, 6) is 0. The summed E-state index contributed by atoms with van der Waals surface area (Å²) in [7, 11) is 4.61. The fourth-order valence-electron chi connectivity index (χ4n) is 0. The molecule has 5 N–H and O–H groups in total. The van der Waals surface area contributed by atoms with Gasteiger partial charge in [-0.2, -0.15) is 6.54 Å². The molecule has 5 heteroatoms. The van der Waals surface area contributed by atoms with Crippen molar-refractivity contribution in [3.05, 3.63) is 18.0 Å². The minimum absolute atomic E-state index is 0. The molecule has 0 aliphatic carbocycles. The Morgan fingerprint density at radius 3 is 1.50 bits per heavy atom. The second kappa shape index (κ2) is 45.2. The molecule has 0 heterocycles. The fraction of sp³-hybridized carbons (Fsp3) is 1.00. The summed E-state index contributed by atoms with van der Waals surface area (Å²) in [6, 6.07) is 0. The van der Waals surface area contributed by atoms with E-state index in [0.717, 1.165) is 6.42 Å². The second-order valence-corrected chi connectivity index (χ2v) is 0.750. The molecular weight excluding hydrogens is 309 g/mol. The third-order valence-electron chi connectivity index (χ3n) is 0.250. The largest absolute Gasteiger partial charge is 0.693 e. The summed E-state index contributed by atoms with van der Waals surface area (Å²) >= 11 is 1.61. The van der Waals surface area contributed by atoms with Crippen LogP contribution in [0, 0.1) is 0 Å². The van der Waals surface area contributed by atoms with Crippen molar-refractivity contribution in [2.24, 2.45) is 0 Å². The van der Waals surface area contributed by atoms with Gasteiger partial charge < -0.3 is 18.0 Å². The maximum absolute atomic E-state index is 6.45. The van der Waals surface area contributed by atoms with Gasteiger partial charge in [-0.05, 0) is 0 Å². The van der Waals surface area contributed by atoms with E-state index in [4.69, 9.17) is 5.73 Å². The molecule has 0 aromatic heterocycles. The number of rotatable bonds is 1. The molecule has 0 fully saturated rings. The van der Waals surface area contributed by atoms with Crippen molar-refractivity contribution in [1.29, 1.82) is 0 Å². The third-order valence-corrected chi connectivity index (χ3v) is 0.250. The molecule has 0 aliphatic heterocycles. The van der Waals surface area contributed by atoms with E-state index >= 15 is 0 Å². The summed E-state index contributed by atoms with van der Waals surface area (Å²) in [5.41, 5.74) is 6.45. The molecule has 0 bridgehead atoms. The van der Waals surface area contributed by atoms with Crippen molar-refractivity contribution in [1.82, 2.24) is 0 Å². The molecule has 0 aromatic carbocycles. The quantitative estimate of drug-likeness (QED) is 0.706. The van der Waals surface area contributed by atoms with Crippen molar-refractivity contribution in [3.8, 4) is 0 Å². The molecule has 59 valence electrons. The Morgan fingerprint density at radius 2 is 1.50 bits per heavy atom. The second-order valence-electron chi connectivity index (χ2n) is 0.750. The van der Waals surface area contributed by atoms with Gasteiger partial charge in [-0.15, -0.1) is 0 Å². The Bertz CT molecular complexity index is 16.5. The molecule has 0 radical (unpaired) electrons. The van der Waals surface area contributed by atoms with Crippen LogP contribution in [0.5, 0.6) is 0 Å². The number of nitrogens with two attached hydrogens (primary N) is 2. The van der Waals surface area contributed by atoms with Gasteiger partial charge in [-0.1, -0.05) is 13.3 Å². The molecule has 0 aromatic rings. The average Bonchev–Trinajstić information content (AvgIpc) is 1.72. The third kappa shape index (κ3) is 68.2. The number of nitrogens with one attached hydrogen (secondary N) is 1. The first-order chi connectivity index (χ1) is 2.91. The van der Waals surface area contributed by atoms with E-state index in [2.05, 4.69) is 9.42 Å². The standard InChI is InChI=1S/C3H8N.ClH.2H2N.Pt/c1-2-3-4;;;;/h4H,2-3H2,1H3;1H;2*1H2;/q-1;;2*-1;+1/p-1. The van der Waals surface area contributed by atoms with Gasteiger partial charge in [0.2, 0.25) is 0 Å². The van der Waals surface area contributed by atoms with Gasteiger partial charge in [0.25, 0.3) is 0 Å². The first-order valence-corrected chi connectivity index (χ1v) is 4.50. The molecule has 0 atom stereocenters. The molecule has 0 rings (SSSR count). The Labute approximate surface area is 66.3 Å². The Hall–Kier alpha value is 0.858. The van der Waals surface area contributed by atoms with E-state index < -0.39 is 0 Å². The molecule has 0 saturated heterocycles. The zero-order valence-corrected chi connectivity index (χ0v) is 7.79. The topological polar surface area (TPSA) is 90.8 Å². The minimum Gasteiger partial charge on any atom is -0.693 e. The first-order valence-electron chi connectivity index (χ1n) is 1.68. The van der Waals surface area contributed by atoms with Crippen LogP contribution >= 0.6 is 9.42 Å². The molecular formula is C3H12ClN3Pt-3. The van der Waals surface area contributed by atoms with Crippen molar-refractivity contribution in [2.75, 3.05) is 6.54 Å². The summed E-state index contributed by atoms with van der Waals surface area (Å²) in [6.07, 6.45) is 0.986. The van der Waals surface area contributed by atoms with Crippen LogP contribution in [0.15, 0.2) is 0 Å². The minimum atomic E-state index is 0. The Kier molecular flexibility index (Phi) is 131. The maximum atomic E-state index is 6.45. The molecule has 0 amide bonds. The van der Waals surface area contributed by atoms with Crippen LogP contribution in [-0.2, 0) is 18.8 Å². The normalized spacial score (nSPS) is 4.62. The fourth-order valence-corrected chi connectivity index (χ4v) is 0. The number of hydrogen-bond acceptors (Lipinski definition) is 0. The van der Waals surface area contributed by atoms with Crippen LogP contribution in [0.25, 0.3) is 18.0 Å². The van der Waals surface area contributed by atoms with Crippen molar-refractivity contribution >= 4 is 9.42 Å². The SMILES string of the molecule is CCC[NH-].[Cl][Pt].[NH2-].[NH2-]. The van der Waals surface area contributed by atoms with Gasteiger partial charge in [-0.25, -0.2) is 0 Å². The monoisotopic (exact) mass is 320 g/mol. The van der Waals surface area contributed by atoms with Crippen LogP contribution in [0.2, 0.25) is 0 Å². The van der Waals surface area contributed by atoms with E-state index in [9.17, 15) is 0 Å². The van der Waals surface area contributed by atoms with Crippen LogP contribution in [-0.4, -0.2) is 6.54 Å². The van der Waals surface area contributed by atoms with Gasteiger partial charge in [0.05, 0.1) is 0 Å². The zero-order chi connectivity index (χ0) is 5.41. The van der Waals surface area contributed by atoms with Gasteiger partial charge in [0, 0.05) is 0 Å². The van der Waals surface area contributed by atoms with Crippen LogP contribution in [0.1, 0.15) is 13.3 Å².